The molecule has 3 saturated carbocycles. The average Bonchev–Trinajstić information content (AvgIpc) is 3.74. The van der Waals surface area contributed by atoms with Gasteiger partial charge < -0.3 is 31.1 Å². The quantitative estimate of drug-likeness (QED) is 0.283. The van der Waals surface area contributed by atoms with Crippen molar-refractivity contribution in [2.75, 3.05) is 6.54 Å². The molecular formula is C32H51N7O6S. The Hall–Kier alpha value is -2.87. The number of hydrogen-bond donors (Lipinski definition) is 4. The predicted molar refractivity (Wildman–Crippen MR) is 172 cm³/mol. The number of nitrogens with one attached hydrogen (secondary N) is 2. The highest BCUT2D eigenvalue weighted by Crippen LogP contribution is 2.56. The van der Waals surface area contributed by atoms with Gasteiger partial charge in [-0.2, -0.15) is 0 Å². The molecule has 4 fully saturated rings. The number of fused-ring (bicyclic) bond motifs is 2. The van der Waals surface area contributed by atoms with Gasteiger partial charge in [0.05, 0.1) is 22.8 Å². The minimum absolute atomic E-state index is 0.0405. The number of carbonyl (C=O) groups excluding carboxylic acids is 4. The van der Waals surface area contributed by atoms with Crippen LogP contribution in [0.5, 0.6) is 0 Å². The molecule has 3 aliphatic carbocycles. The number of ether oxygens (including phenoxy) is 1. The molecular weight excluding hydrogens is 610 g/mol. The van der Waals surface area contributed by atoms with Crippen LogP contribution in [0.3, 0.4) is 0 Å². The van der Waals surface area contributed by atoms with Crippen LogP contribution >= 0.6 is 11.8 Å². The highest BCUT2D eigenvalue weighted by Gasteiger charge is 2.51. The van der Waals surface area contributed by atoms with Gasteiger partial charge in [0.2, 0.25) is 11.8 Å². The molecule has 0 radical (unpaired) electrons. The standard InChI is InChI=1S/C32H51N7O6S/c1-29(2,3)45-28(43)35-22(17-31-13-9-20(16-31)10-14-31)26(41)38-19-21(39-24(18-34-37-39)30(4,5)44)15-23(38)25(40)36-32(46-27(33)42)11-7-6-8-12-32/h18,20-23,44H,6-17,19H2,1-5H3,(H2,33,42)(H,35,43)(H,36,40)/t20?,21-,22?,23-,31?/m0/s1. The molecule has 0 spiro atoms. The lowest BCUT2D eigenvalue weighted by Gasteiger charge is -2.38. The summed E-state index contributed by atoms with van der Waals surface area (Å²) in [6.07, 6.45) is 10.6. The number of likely N-dealkylation sites (tertiary alicyclic amines) is 1. The van der Waals surface area contributed by atoms with Gasteiger partial charge in [-0.15, -0.1) is 5.10 Å². The van der Waals surface area contributed by atoms with Crippen molar-refractivity contribution in [3.63, 3.8) is 0 Å². The van der Waals surface area contributed by atoms with Crippen LogP contribution < -0.4 is 16.4 Å². The Morgan fingerprint density at radius 3 is 2.35 bits per heavy atom. The summed E-state index contributed by atoms with van der Waals surface area (Å²) in [5.41, 5.74) is 4.02. The molecule has 14 heteroatoms. The maximum atomic E-state index is 14.7. The summed E-state index contributed by atoms with van der Waals surface area (Å²) in [6.45, 7) is 8.71. The van der Waals surface area contributed by atoms with E-state index in [1.54, 1.807) is 44.2 Å². The van der Waals surface area contributed by atoms with E-state index < -0.39 is 45.5 Å². The van der Waals surface area contributed by atoms with Crippen molar-refractivity contribution in [2.24, 2.45) is 17.1 Å². The summed E-state index contributed by atoms with van der Waals surface area (Å²) in [5, 5.41) is 24.6. The van der Waals surface area contributed by atoms with Crippen LogP contribution in [0, 0.1) is 11.3 Å². The van der Waals surface area contributed by atoms with Gasteiger partial charge in [0, 0.05) is 13.0 Å². The second-order valence-corrected chi connectivity index (χ2v) is 16.9. The molecule has 13 nitrogen and oxygen atoms in total. The normalized spacial score (nSPS) is 28.1. The smallest absolute Gasteiger partial charge is 0.408 e. The molecule has 4 aliphatic rings. The van der Waals surface area contributed by atoms with Crippen molar-refractivity contribution in [1.29, 1.82) is 0 Å². The lowest BCUT2D eigenvalue weighted by Crippen LogP contribution is -2.58. The minimum atomic E-state index is -1.26. The van der Waals surface area contributed by atoms with Crippen molar-refractivity contribution in [3.8, 4) is 0 Å². The predicted octanol–water partition coefficient (Wildman–Crippen LogP) is 4.10. The molecule has 3 atom stereocenters. The second kappa shape index (κ2) is 13.0. The van der Waals surface area contributed by atoms with Crippen LogP contribution in [0.4, 0.5) is 9.59 Å². The number of nitrogens with two attached hydrogens (primary N) is 1. The molecule has 1 unspecified atom stereocenters. The molecule has 1 aromatic rings. The van der Waals surface area contributed by atoms with Crippen molar-refractivity contribution in [1.82, 2.24) is 30.5 Å². The number of amides is 4. The van der Waals surface area contributed by atoms with Gasteiger partial charge in [0.15, 0.2) is 0 Å². The third-order valence-electron chi connectivity index (χ3n) is 10.2. The van der Waals surface area contributed by atoms with Gasteiger partial charge in [-0.05, 0) is 109 Å². The van der Waals surface area contributed by atoms with Crippen LogP contribution in [-0.4, -0.2) is 77.2 Å². The number of alkyl carbamates (subject to hydrolysis) is 1. The molecule has 1 aromatic heterocycles. The monoisotopic (exact) mass is 661 g/mol. The van der Waals surface area contributed by atoms with Crippen LogP contribution in [0.1, 0.15) is 123 Å². The summed E-state index contributed by atoms with van der Waals surface area (Å²) in [5.74, 6) is -0.0928. The highest BCUT2D eigenvalue weighted by atomic mass is 32.2. The van der Waals surface area contributed by atoms with Gasteiger partial charge in [0.25, 0.3) is 5.24 Å². The van der Waals surface area contributed by atoms with E-state index in [4.69, 9.17) is 10.5 Å². The molecule has 46 heavy (non-hydrogen) atoms. The second-order valence-electron chi connectivity index (χ2n) is 15.5. The third kappa shape index (κ3) is 7.80. The number of aliphatic hydroxyl groups is 1. The lowest BCUT2D eigenvalue weighted by molar-refractivity contribution is -0.141. The molecule has 5 rings (SSSR count). The van der Waals surface area contributed by atoms with Crippen molar-refractivity contribution < 1.29 is 29.0 Å². The lowest BCUT2D eigenvalue weighted by atomic mass is 9.78. The zero-order chi connectivity index (χ0) is 33.5. The molecule has 1 saturated heterocycles. The maximum absolute atomic E-state index is 14.7. The van der Waals surface area contributed by atoms with E-state index in [1.807, 2.05) is 0 Å². The van der Waals surface area contributed by atoms with Crippen molar-refractivity contribution in [2.45, 2.75) is 146 Å². The first kappa shape index (κ1) is 34.5. The van der Waals surface area contributed by atoms with Crippen LogP contribution in [0.15, 0.2) is 6.20 Å². The molecule has 0 aromatic carbocycles. The fourth-order valence-electron chi connectivity index (χ4n) is 8.19. The zero-order valence-electron chi connectivity index (χ0n) is 27.8. The number of nitrogens with zero attached hydrogens (tertiary/aromatic N) is 4. The van der Waals surface area contributed by atoms with Gasteiger partial charge in [-0.25, -0.2) is 9.48 Å². The van der Waals surface area contributed by atoms with E-state index >= 15 is 0 Å². The van der Waals surface area contributed by atoms with E-state index in [0.29, 0.717) is 30.9 Å². The Labute approximate surface area is 275 Å². The van der Waals surface area contributed by atoms with Crippen LogP contribution in [0.25, 0.3) is 0 Å². The molecule has 5 N–H and O–H groups in total. The van der Waals surface area contributed by atoms with Crippen molar-refractivity contribution >= 4 is 34.9 Å². The Bertz CT molecular complexity index is 1310. The SMILES string of the molecule is CC(C)(C)OC(=O)NC(CC12CCC(CC1)C2)C(=O)N1C[C@@H](n2nncc2C(C)(C)O)C[C@H]1C(=O)NC1(SC(N)=O)CCCCC1. The summed E-state index contributed by atoms with van der Waals surface area (Å²) >= 11 is 0.942. The van der Waals surface area contributed by atoms with Crippen LogP contribution in [0.2, 0.25) is 0 Å². The molecule has 2 bridgehead atoms. The van der Waals surface area contributed by atoms with Crippen LogP contribution in [-0.2, 0) is 19.9 Å². The Morgan fingerprint density at radius 2 is 1.78 bits per heavy atom. The Balaban J connectivity index is 1.46. The zero-order valence-corrected chi connectivity index (χ0v) is 28.7. The highest BCUT2D eigenvalue weighted by molar-refractivity contribution is 8.14. The van der Waals surface area contributed by atoms with E-state index in [-0.39, 0.29) is 30.2 Å². The van der Waals surface area contributed by atoms with E-state index in [0.717, 1.165) is 63.1 Å². The number of rotatable bonds is 9. The molecule has 1 aliphatic heterocycles. The van der Waals surface area contributed by atoms with Gasteiger partial charge in [-0.3, -0.25) is 14.4 Å². The number of carbonyl (C=O) groups is 4. The van der Waals surface area contributed by atoms with Gasteiger partial charge in [0.1, 0.15) is 23.3 Å². The van der Waals surface area contributed by atoms with E-state index in [2.05, 4.69) is 20.9 Å². The first-order valence-electron chi connectivity index (χ1n) is 16.7. The summed E-state index contributed by atoms with van der Waals surface area (Å²) in [7, 11) is 0. The van der Waals surface area contributed by atoms with Gasteiger partial charge >= 0.3 is 6.09 Å². The average molecular weight is 662 g/mol. The Kier molecular flexibility index (Phi) is 9.72. The van der Waals surface area contributed by atoms with E-state index in [9.17, 15) is 24.3 Å². The van der Waals surface area contributed by atoms with Gasteiger partial charge in [-0.1, -0.05) is 24.5 Å². The number of thioether (sulfide) groups is 1. The fourth-order valence-corrected chi connectivity index (χ4v) is 9.22. The first-order chi connectivity index (χ1) is 21.5. The number of primary amides is 1. The third-order valence-corrected chi connectivity index (χ3v) is 11.3. The minimum Gasteiger partial charge on any atom is -0.444 e. The summed E-state index contributed by atoms with van der Waals surface area (Å²) in [4.78, 5) is 54.8. The number of hydrogen-bond acceptors (Lipinski definition) is 9. The molecule has 4 amide bonds. The Morgan fingerprint density at radius 1 is 1.11 bits per heavy atom. The van der Waals surface area contributed by atoms with E-state index in [1.165, 1.54) is 6.20 Å². The largest absolute Gasteiger partial charge is 0.444 e. The molecule has 2 heterocycles. The topological polar surface area (TPSA) is 182 Å². The van der Waals surface area contributed by atoms with Crippen molar-refractivity contribution in [3.05, 3.63) is 11.9 Å². The fraction of sp³-hybridized carbons (Fsp3) is 0.812. The first-order valence-corrected chi connectivity index (χ1v) is 17.5. The summed E-state index contributed by atoms with van der Waals surface area (Å²) < 4.78 is 7.18. The summed E-state index contributed by atoms with van der Waals surface area (Å²) in [6, 6.07) is -2.27. The maximum Gasteiger partial charge on any atom is 0.408 e. The number of aromatic nitrogens is 3. The molecule has 256 valence electrons.